The van der Waals surface area contributed by atoms with Crippen molar-refractivity contribution in [1.29, 1.82) is 0 Å². The minimum Gasteiger partial charge on any atom is -0.452 e. The second kappa shape index (κ2) is 7.37. The first kappa shape index (κ1) is 18.6. The van der Waals surface area contributed by atoms with Gasteiger partial charge in [-0.15, -0.1) is 0 Å². The summed E-state index contributed by atoms with van der Waals surface area (Å²) in [6.45, 7) is 0. The average Bonchev–Trinajstić information content (AvgIpc) is 2.74. The van der Waals surface area contributed by atoms with Gasteiger partial charge in [0.2, 0.25) is 5.78 Å². The Kier molecular flexibility index (Phi) is 4.74. The lowest BCUT2D eigenvalue weighted by Crippen LogP contribution is -2.12. The summed E-state index contributed by atoms with van der Waals surface area (Å²) in [6, 6.07) is 22.5. The SMILES string of the molecule is Nc1ccc(C(=O)c2c/c(=N\S(=O)(=O)c3ccccc3)c3ccccc3o2)cc1. The molecule has 0 saturated carbocycles. The third kappa shape index (κ3) is 3.81. The number of nitrogen functional groups attached to an aromatic ring is 1. The zero-order chi connectivity index (χ0) is 20.4. The third-order valence-electron chi connectivity index (χ3n) is 4.31. The Morgan fingerprint density at radius 3 is 2.24 bits per heavy atom. The number of hydrogen-bond acceptors (Lipinski definition) is 5. The van der Waals surface area contributed by atoms with Crippen molar-refractivity contribution < 1.29 is 17.6 Å². The molecule has 7 heteroatoms. The van der Waals surface area contributed by atoms with Crippen LogP contribution in [0.1, 0.15) is 16.1 Å². The lowest BCUT2D eigenvalue weighted by molar-refractivity contribution is 0.101. The summed E-state index contributed by atoms with van der Waals surface area (Å²) in [5, 5.41) is 0.621. The number of nitrogens with two attached hydrogens (primary N) is 1. The van der Waals surface area contributed by atoms with E-state index in [0.29, 0.717) is 22.2 Å². The number of rotatable bonds is 4. The average molecular weight is 404 g/mol. The Labute approximate surface area is 167 Å². The fourth-order valence-corrected chi connectivity index (χ4v) is 3.87. The molecule has 0 aliphatic heterocycles. The standard InChI is InChI=1S/C22H16N2O4S/c23-16-12-10-15(11-13-16)22(25)21-14-19(18-8-4-5-9-20(18)28-21)24-29(26,27)17-6-2-1-3-7-17/h1-14H,23H2/b24-19+. The molecule has 0 unspecified atom stereocenters. The van der Waals surface area contributed by atoms with E-state index in [0.717, 1.165) is 0 Å². The van der Waals surface area contributed by atoms with Crippen molar-refractivity contribution in [3.8, 4) is 0 Å². The van der Waals surface area contributed by atoms with E-state index in [-0.39, 0.29) is 16.0 Å². The highest BCUT2D eigenvalue weighted by Gasteiger charge is 2.16. The molecule has 4 aromatic rings. The molecule has 3 aromatic carbocycles. The molecule has 0 bridgehead atoms. The van der Waals surface area contributed by atoms with E-state index < -0.39 is 15.8 Å². The maximum Gasteiger partial charge on any atom is 0.282 e. The Bertz CT molecular complexity index is 1370. The predicted octanol–water partition coefficient (Wildman–Crippen LogP) is 3.54. The number of benzene rings is 3. The number of hydrogen-bond donors (Lipinski definition) is 1. The molecule has 0 aliphatic rings. The van der Waals surface area contributed by atoms with Gasteiger partial charge in [0, 0.05) is 22.7 Å². The third-order valence-corrected chi connectivity index (χ3v) is 5.61. The number of nitrogens with zero attached hydrogens (tertiary/aromatic N) is 1. The lowest BCUT2D eigenvalue weighted by atomic mass is 10.1. The molecule has 1 aromatic heterocycles. The van der Waals surface area contributed by atoms with E-state index >= 15 is 0 Å². The van der Waals surface area contributed by atoms with E-state index in [2.05, 4.69) is 4.40 Å². The highest BCUT2D eigenvalue weighted by molar-refractivity contribution is 7.90. The summed E-state index contributed by atoms with van der Waals surface area (Å²) in [7, 11) is -3.96. The van der Waals surface area contributed by atoms with Gasteiger partial charge in [0.05, 0.1) is 10.3 Å². The predicted molar refractivity (Wildman–Crippen MR) is 110 cm³/mol. The molecule has 2 N–H and O–H groups in total. The van der Waals surface area contributed by atoms with Gasteiger partial charge < -0.3 is 10.2 Å². The molecular formula is C22H16N2O4S. The van der Waals surface area contributed by atoms with Crippen LogP contribution in [0.2, 0.25) is 0 Å². The van der Waals surface area contributed by atoms with E-state index in [1.807, 2.05) is 0 Å². The first-order valence-electron chi connectivity index (χ1n) is 8.73. The second-order valence-electron chi connectivity index (χ2n) is 6.32. The van der Waals surface area contributed by atoms with Gasteiger partial charge in [-0.2, -0.15) is 12.8 Å². The normalized spacial score (nSPS) is 12.2. The van der Waals surface area contributed by atoms with Crippen LogP contribution in [-0.2, 0) is 10.0 Å². The van der Waals surface area contributed by atoms with Crippen LogP contribution in [0, 0.1) is 0 Å². The molecule has 0 radical (unpaired) electrons. The van der Waals surface area contributed by atoms with Crippen LogP contribution in [-0.4, -0.2) is 14.2 Å². The second-order valence-corrected chi connectivity index (χ2v) is 7.93. The van der Waals surface area contributed by atoms with Crippen molar-refractivity contribution in [2.24, 2.45) is 4.40 Å². The molecule has 6 nitrogen and oxygen atoms in total. The minimum atomic E-state index is -3.96. The highest BCUT2D eigenvalue weighted by atomic mass is 32.2. The van der Waals surface area contributed by atoms with Crippen molar-refractivity contribution in [3.63, 3.8) is 0 Å². The van der Waals surface area contributed by atoms with Gasteiger partial charge in [0.15, 0.2) is 5.76 Å². The summed E-state index contributed by atoms with van der Waals surface area (Å²) in [5.74, 6) is -0.417. The monoisotopic (exact) mass is 404 g/mol. The first-order chi connectivity index (χ1) is 13.9. The molecule has 0 atom stereocenters. The van der Waals surface area contributed by atoms with Crippen molar-refractivity contribution in [3.05, 3.63) is 102 Å². The number of fused-ring (bicyclic) bond motifs is 1. The van der Waals surface area contributed by atoms with Gasteiger partial charge in [-0.1, -0.05) is 30.3 Å². The molecule has 0 amide bonds. The van der Waals surface area contributed by atoms with Crippen LogP contribution in [0.3, 0.4) is 0 Å². The molecule has 4 rings (SSSR count). The van der Waals surface area contributed by atoms with Crippen molar-refractivity contribution >= 4 is 32.5 Å². The number of sulfonamides is 1. The summed E-state index contributed by atoms with van der Waals surface area (Å²) in [6.07, 6.45) is 0. The van der Waals surface area contributed by atoms with Gasteiger partial charge in [0.25, 0.3) is 10.0 Å². The molecule has 29 heavy (non-hydrogen) atoms. The molecular weight excluding hydrogens is 388 g/mol. The maximum absolute atomic E-state index is 12.9. The van der Waals surface area contributed by atoms with Crippen LogP contribution < -0.4 is 11.1 Å². The van der Waals surface area contributed by atoms with Crippen LogP contribution in [0.15, 0.2) is 98.6 Å². The smallest absolute Gasteiger partial charge is 0.282 e. The Morgan fingerprint density at radius 1 is 0.862 bits per heavy atom. The van der Waals surface area contributed by atoms with Gasteiger partial charge in [0.1, 0.15) is 5.58 Å². The van der Waals surface area contributed by atoms with Gasteiger partial charge in [-0.3, -0.25) is 4.79 Å². The number of carbonyl (C=O) groups is 1. The molecule has 1 heterocycles. The Morgan fingerprint density at radius 2 is 1.52 bits per heavy atom. The van der Waals surface area contributed by atoms with Crippen molar-refractivity contribution in [2.75, 3.05) is 5.73 Å². The number of anilines is 1. The largest absolute Gasteiger partial charge is 0.452 e. The zero-order valence-corrected chi connectivity index (χ0v) is 16.0. The quantitative estimate of drug-likeness (QED) is 0.414. The van der Waals surface area contributed by atoms with Crippen molar-refractivity contribution in [1.82, 2.24) is 0 Å². The van der Waals surface area contributed by atoms with Crippen LogP contribution in [0.25, 0.3) is 11.0 Å². The maximum atomic E-state index is 12.9. The van der Waals surface area contributed by atoms with E-state index in [9.17, 15) is 13.2 Å². The van der Waals surface area contributed by atoms with Gasteiger partial charge >= 0.3 is 0 Å². The molecule has 0 spiro atoms. The van der Waals surface area contributed by atoms with Gasteiger partial charge in [-0.05, 0) is 48.5 Å². The number of ketones is 1. The number of carbonyl (C=O) groups excluding carboxylic acids is 1. The summed E-state index contributed by atoms with van der Waals surface area (Å²) >= 11 is 0. The van der Waals surface area contributed by atoms with Crippen LogP contribution in [0.4, 0.5) is 5.69 Å². The Balaban J connectivity index is 1.92. The summed E-state index contributed by atoms with van der Waals surface area (Å²) in [4.78, 5) is 12.9. The summed E-state index contributed by atoms with van der Waals surface area (Å²) < 4.78 is 35.2. The van der Waals surface area contributed by atoms with Gasteiger partial charge in [-0.25, -0.2) is 0 Å². The topological polar surface area (TPSA) is 103 Å². The van der Waals surface area contributed by atoms with E-state index in [1.54, 1.807) is 66.7 Å². The van der Waals surface area contributed by atoms with Crippen molar-refractivity contribution in [2.45, 2.75) is 4.90 Å². The molecule has 144 valence electrons. The zero-order valence-electron chi connectivity index (χ0n) is 15.1. The minimum absolute atomic E-state index is 0.0181. The first-order valence-corrected chi connectivity index (χ1v) is 10.2. The Hall–Kier alpha value is -3.71. The molecule has 0 saturated heterocycles. The molecule has 0 fully saturated rings. The van der Waals surface area contributed by atoms with Crippen LogP contribution >= 0.6 is 0 Å². The fourth-order valence-electron chi connectivity index (χ4n) is 2.86. The summed E-state index contributed by atoms with van der Waals surface area (Å²) in [5.41, 5.74) is 6.93. The van der Waals surface area contributed by atoms with Crippen LogP contribution in [0.5, 0.6) is 0 Å². The fraction of sp³-hybridized carbons (Fsp3) is 0. The lowest BCUT2D eigenvalue weighted by Gasteiger charge is -2.05. The highest BCUT2D eigenvalue weighted by Crippen LogP contribution is 2.17. The number of para-hydroxylation sites is 1. The van der Waals surface area contributed by atoms with E-state index in [4.69, 9.17) is 10.2 Å². The van der Waals surface area contributed by atoms with E-state index in [1.165, 1.54) is 18.2 Å². The molecule has 0 aliphatic carbocycles.